The van der Waals surface area contributed by atoms with Crippen molar-refractivity contribution in [3.8, 4) is 0 Å². The van der Waals surface area contributed by atoms with Gasteiger partial charge in [-0.25, -0.2) is 4.57 Å². The molecule has 0 fully saturated rings. The Bertz CT molecular complexity index is 156. The van der Waals surface area contributed by atoms with E-state index >= 15 is 0 Å². The first kappa shape index (κ1) is 11.2. The molecule has 0 amide bonds. The van der Waals surface area contributed by atoms with E-state index in [0.29, 0.717) is 0 Å². The zero-order valence-electron chi connectivity index (χ0n) is 5.41. The third kappa shape index (κ3) is 10.2. The van der Waals surface area contributed by atoms with Crippen LogP contribution in [-0.4, -0.2) is 39.6 Å². The molecule has 0 rings (SSSR count). The van der Waals surface area contributed by atoms with Crippen LogP contribution in [-0.2, 0) is 9.09 Å². The second-order valence-corrected chi connectivity index (χ2v) is 5.14. The van der Waals surface area contributed by atoms with Gasteiger partial charge in [0, 0.05) is 6.04 Å². The Morgan fingerprint density at radius 2 is 1.73 bits per heavy atom. The molecule has 0 aromatic carbocycles. The average Bonchev–Trinajstić information content (AvgIpc) is 1.55. The Balaban J connectivity index is 3.52. The highest BCUT2D eigenvalue weighted by atomic mass is 31.2. The van der Waals surface area contributed by atoms with Gasteiger partial charge >= 0.3 is 16.6 Å². The molecule has 0 saturated heterocycles. The summed E-state index contributed by atoms with van der Waals surface area (Å²) < 4.78 is 13.8. The maximum atomic E-state index is 9.96. The predicted molar refractivity (Wildman–Crippen MR) is 35.2 cm³/mol. The fourth-order valence-corrected chi connectivity index (χ4v) is 1.18. The average molecular weight is 204 g/mol. The van der Waals surface area contributed by atoms with Crippen LogP contribution in [0.4, 0.5) is 0 Å². The molecule has 5 N–H and O–H groups in total. The van der Waals surface area contributed by atoms with Crippen LogP contribution in [0.15, 0.2) is 0 Å². The SMILES string of the molecule is O=P(O)(O)OCC[Si](O)(O)O. The van der Waals surface area contributed by atoms with E-state index in [1.54, 1.807) is 0 Å². The molecule has 0 aliphatic carbocycles. The van der Waals surface area contributed by atoms with Gasteiger partial charge in [0.2, 0.25) is 0 Å². The summed E-state index contributed by atoms with van der Waals surface area (Å²) in [4.78, 5) is 41.1. The highest BCUT2D eigenvalue weighted by Crippen LogP contribution is 2.35. The summed E-state index contributed by atoms with van der Waals surface area (Å²) >= 11 is 0. The molecule has 0 bridgehead atoms. The molecular weight excluding hydrogens is 195 g/mol. The van der Waals surface area contributed by atoms with Crippen molar-refractivity contribution in [2.24, 2.45) is 0 Å². The number of hydrogen-bond donors (Lipinski definition) is 5. The van der Waals surface area contributed by atoms with E-state index in [9.17, 15) is 4.57 Å². The molecule has 0 heterocycles. The van der Waals surface area contributed by atoms with Crippen LogP contribution in [0.1, 0.15) is 0 Å². The largest absolute Gasteiger partial charge is 0.495 e. The van der Waals surface area contributed by atoms with Crippen LogP contribution in [0.2, 0.25) is 6.04 Å². The molecule has 0 aromatic heterocycles. The summed E-state index contributed by atoms with van der Waals surface area (Å²) in [6.07, 6.45) is 0. The lowest BCUT2D eigenvalue weighted by Gasteiger charge is -2.09. The first-order valence-corrected chi connectivity index (χ1v) is 6.16. The van der Waals surface area contributed by atoms with Crippen molar-refractivity contribution in [3.63, 3.8) is 0 Å². The minimum atomic E-state index is -4.56. The summed E-state index contributed by atoms with van der Waals surface area (Å²) in [5.74, 6) is 0. The van der Waals surface area contributed by atoms with Crippen molar-refractivity contribution in [2.45, 2.75) is 6.04 Å². The Morgan fingerprint density at radius 3 is 2.00 bits per heavy atom. The van der Waals surface area contributed by atoms with Gasteiger partial charge in [-0.3, -0.25) is 4.52 Å². The minimum Gasteiger partial charge on any atom is -0.390 e. The normalized spacial score (nSPS) is 13.5. The molecule has 11 heavy (non-hydrogen) atoms. The lowest BCUT2D eigenvalue weighted by molar-refractivity contribution is 0.182. The Labute approximate surface area is 63.5 Å². The van der Waals surface area contributed by atoms with Gasteiger partial charge < -0.3 is 24.2 Å². The predicted octanol–water partition coefficient (Wildman–Crippen LogP) is -1.99. The zero-order valence-corrected chi connectivity index (χ0v) is 7.31. The monoisotopic (exact) mass is 204 g/mol. The van der Waals surface area contributed by atoms with Crippen LogP contribution in [0.5, 0.6) is 0 Å². The molecule has 68 valence electrons. The topological polar surface area (TPSA) is 127 Å². The number of rotatable bonds is 4. The van der Waals surface area contributed by atoms with Gasteiger partial charge in [-0.1, -0.05) is 0 Å². The maximum Gasteiger partial charge on any atom is 0.495 e. The summed E-state index contributed by atoms with van der Waals surface area (Å²) in [5.41, 5.74) is 0. The van der Waals surface area contributed by atoms with E-state index < -0.39 is 29.3 Å². The number of phosphoric ester groups is 1. The van der Waals surface area contributed by atoms with Crippen LogP contribution in [0, 0.1) is 0 Å². The van der Waals surface area contributed by atoms with Crippen LogP contribution in [0.25, 0.3) is 0 Å². The second-order valence-electron chi connectivity index (χ2n) is 1.85. The fourth-order valence-electron chi connectivity index (χ4n) is 0.301. The molecule has 9 heteroatoms. The Morgan fingerprint density at radius 1 is 1.27 bits per heavy atom. The third-order valence-corrected chi connectivity index (χ3v) is 2.09. The van der Waals surface area contributed by atoms with Crippen molar-refractivity contribution in [2.75, 3.05) is 6.61 Å². The smallest absolute Gasteiger partial charge is 0.390 e. The highest BCUT2D eigenvalue weighted by Gasteiger charge is 2.27. The van der Waals surface area contributed by atoms with E-state index in [0.717, 1.165) is 0 Å². The quantitative estimate of drug-likeness (QED) is 0.265. The molecule has 0 aliphatic heterocycles. The van der Waals surface area contributed by atoms with E-state index in [1.165, 1.54) is 0 Å². The van der Waals surface area contributed by atoms with Gasteiger partial charge in [0.1, 0.15) is 0 Å². The first-order chi connectivity index (χ1) is 4.71. The highest BCUT2D eigenvalue weighted by molar-refractivity contribution is 7.46. The van der Waals surface area contributed by atoms with Gasteiger partial charge in [0.05, 0.1) is 6.61 Å². The molecule has 0 saturated carbocycles. The summed E-state index contributed by atoms with van der Waals surface area (Å²) in [6, 6.07) is -0.557. The van der Waals surface area contributed by atoms with Crippen LogP contribution in [0.3, 0.4) is 0 Å². The summed E-state index contributed by atoms with van der Waals surface area (Å²) in [6.45, 7) is -0.583. The zero-order chi connectivity index (χ0) is 9.12. The molecule has 0 aliphatic rings. The summed E-state index contributed by atoms with van der Waals surface area (Å²) in [7, 11) is -8.79. The standard InChI is InChI=1S/C2H9O7PSi/c3-10(4,5)9-1-2-11(6,7)8/h6-8H,1-2H2,(H2,3,4,5). The summed E-state index contributed by atoms with van der Waals surface area (Å²) in [5, 5.41) is 0. The maximum absolute atomic E-state index is 9.96. The third-order valence-electron chi connectivity index (χ3n) is 0.697. The molecule has 0 unspecified atom stereocenters. The van der Waals surface area contributed by atoms with Crippen molar-refractivity contribution < 1.29 is 33.3 Å². The molecule has 0 atom stereocenters. The van der Waals surface area contributed by atoms with E-state index in [1.807, 2.05) is 0 Å². The number of hydrogen-bond acceptors (Lipinski definition) is 5. The second kappa shape index (κ2) is 3.74. The lowest BCUT2D eigenvalue weighted by atomic mass is 10.9. The van der Waals surface area contributed by atoms with Crippen molar-refractivity contribution in [1.29, 1.82) is 0 Å². The van der Waals surface area contributed by atoms with Crippen molar-refractivity contribution in [3.05, 3.63) is 0 Å². The minimum absolute atomic E-state index is 0.557. The van der Waals surface area contributed by atoms with Gasteiger partial charge in [-0.05, 0) is 0 Å². The van der Waals surface area contributed by atoms with Crippen LogP contribution >= 0.6 is 7.82 Å². The number of phosphoric acid groups is 1. The fraction of sp³-hybridized carbons (Fsp3) is 1.00. The molecule has 7 nitrogen and oxygen atoms in total. The van der Waals surface area contributed by atoms with E-state index in [2.05, 4.69) is 4.52 Å². The molecule has 0 radical (unpaired) electrons. The molecular formula is C2H9O7PSi. The van der Waals surface area contributed by atoms with Gasteiger partial charge in [0.25, 0.3) is 0 Å². The van der Waals surface area contributed by atoms with Gasteiger partial charge in [-0.2, -0.15) is 0 Å². The lowest BCUT2D eigenvalue weighted by Crippen LogP contribution is -2.35. The van der Waals surface area contributed by atoms with E-state index in [4.69, 9.17) is 24.2 Å². The van der Waals surface area contributed by atoms with E-state index in [-0.39, 0.29) is 0 Å². The molecule has 0 spiro atoms. The Hall–Kier alpha value is 0.207. The van der Waals surface area contributed by atoms with Crippen molar-refractivity contribution >= 4 is 16.6 Å². The first-order valence-electron chi connectivity index (χ1n) is 2.58. The molecule has 0 aromatic rings. The van der Waals surface area contributed by atoms with Crippen molar-refractivity contribution in [1.82, 2.24) is 0 Å². The van der Waals surface area contributed by atoms with Crippen LogP contribution < -0.4 is 0 Å². The van der Waals surface area contributed by atoms with Gasteiger partial charge in [0.15, 0.2) is 0 Å². The Kier molecular flexibility index (Phi) is 3.81. The van der Waals surface area contributed by atoms with Gasteiger partial charge in [-0.15, -0.1) is 0 Å².